The SMILES string of the molecule is CCC(c1nnc(SC(C)C(=O)Nc2cc(Cl)ccc2OC)n1Cc1ccccc1)N(C)C. The van der Waals surface area contributed by atoms with Crippen molar-refractivity contribution in [1.29, 1.82) is 0 Å². The lowest BCUT2D eigenvalue weighted by Crippen LogP contribution is -2.25. The van der Waals surface area contributed by atoms with Crippen LogP contribution in [-0.2, 0) is 11.3 Å². The molecule has 0 fully saturated rings. The predicted octanol–water partition coefficient (Wildman–Crippen LogP) is 5.12. The molecule has 0 aliphatic heterocycles. The molecule has 0 saturated carbocycles. The fourth-order valence-electron chi connectivity index (χ4n) is 3.55. The number of anilines is 1. The summed E-state index contributed by atoms with van der Waals surface area (Å²) >= 11 is 7.48. The highest BCUT2D eigenvalue weighted by molar-refractivity contribution is 8.00. The fraction of sp³-hybridized carbons (Fsp3) is 0.375. The third-order valence-corrected chi connectivity index (χ3v) is 6.62. The third kappa shape index (κ3) is 6.28. The Morgan fingerprint density at radius 2 is 1.94 bits per heavy atom. The van der Waals surface area contributed by atoms with Gasteiger partial charge in [0.1, 0.15) is 5.75 Å². The molecule has 0 radical (unpaired) electrons. The van der Waals surface area contributed by atoms with Crippen LogP contribution in [0.4, 0.5) is 5.69 Å². The number of thioether (sulfide) groups is 1. The monoisotopic (exact) mass is 487 g/mol. The minimum Gasteiger partial charge on any atom is -0.495 e. The van der Waals surface area contributed by atoms with Gasteiger partial charge in [0, 0.05) is 5.02 Å². The zero-order valence-corrected chi connectivity index (χ0v) is 21.2. The van der Waals surface area contributed by atoms with E-state index in [-0.39, 0.29) is 11.9 Å². The maximum Gasteiger partial charge on any atom is 0.237 e. The van der Waals surface area contributed by atoms with Crippen LogP contribution in [0.1, 0.15) is 37.7 Å². The largest absolute Gasteiger partial charge is 0.495 e. The third-order valence-electron chi connectivity index (χ3n) is 5.31. The normalized spacial score (nSPS) is 13.1. The highest BCUT2D eigenvalue weighted by Gasteiger charge is 2.25. The highest BCUT2D eigenvalue weighted by Crippen LogP contribution is 2.31. The Hall–Kier alpha value is -2.55. The maximum absolute atomic E-state index is 13.0. The molecule has 3 aromatic rings. The zero-order chi connectivity index (χ0) is 24.0. The number of rotatable bonds is 10. The Morgan fingerprint density at radius 1 is 1.21 bits per heavy atom. The molecule has 33 heavy (non-hydrogen) atoms. The molecule has 1 heterocycles. The fourth-order valence-corrected chi connectivity index (χ4v) is 4.58. The number of methoxy groups -OCH3 is 1. The summed E-state index contributed by atoms with van der Waals surface area (Å²) in [5, 5.41) is 12.7. The van der Waals surface area contributed by atoms with Crippen LogP contribution in [0, 0.1) is 0 Å². The lowest BCUT2D eigenvalue weighted by Gasteiger charge is -2.23. The number of carbonyl (C=O) groups is 1. The minimum atomic E-state index is -0.417. The Balaban J connectivity index is 1.85. The van der Waals surface area contributed by atoms with Crippen molar-refractivity contribution in [2.75, 3.05) is 26.5 Å². The van der Waals surface area contributed by atoms with E-state index < -0.39 is 5.25 Å². The number of amides is 1. The first-order chi connectivity index (χ1) is 15.8. The van der Waals surface area contributed by atoms with E-state index in [9.17, 15) is 4.79 Å². The van der Waals surface area contributed by atoms with Crippen LogP contribution in [0.15, 0.2) is 53.7 Å². The molecule has 2 unspecified atom stereocenters. The summed E-state index contributed by atoms with van der Waals surface area (Å²) in [4.78, 5) is 15.1. The van der Waals surface area contributed by atoms with E-state index in [1.54, 1.807) is 25.3 Å². The summed E-state index contributed by atoms with van der Waals surface area (Å²) in [5.41, 5.74) is 1.68. The van der Waals surface area contributed by atoms with Crippen LogP contribution < -0.4 is 10.1 Å². The van der Waals surface area contributed by atoms with Crippen molar-refractivity contribution in [3.8, 4) is 5.75 Å². The van der Waals surface area contributed by atoms with Crippen molar-refractivity contribution in [3.63, 3.8) is 0 Å². The summed E-state index contributed by atoms with van der Waals surface area (Å²) in [7, 11) is 5.63. The lowest BCUT2D eigenvalue weighted by atomic mass is 10.2. The Labute approximate surface area is 204 Å². The van der Waals surface area contributed by atoms with E-state index in [1.165, 1.54) is 11.8 Å². The number of hydrogen-bond acceptors (Lipinski definition) is 6. The van der Waals surface area contributed by atoms with Gasteiger partial charge in [-0.05, 0) is 51.2 Å². The summed E-state index contributed by atoms with van der Waals surface area (Å²) in [6.07, 6.45) is 0.898. The number of benzene rings is 2. The molecule has 1 N–H and O–H groups in total. The highest BCUT2D eigenvalue weighted by atomic mass is 35.5. The van der Waals surface area contributed by atoms with Gasteiger partial charge in [-0.1, -0.05) is 60.6 Å². The predicted molar refractivity (Wildman–Crippen MR) is 134 cm³/mol. The number of halogens is 1. The van der Waals surface area contributed by atoms with E-state index in [4.69, 9.17) is 16.3 Å². The first kappa shape index (κ1) is 25.1. The van der Waals surface area contributed by atoms with Crippen LogP contribution >= 0.6 is 23.4 Å². The zero-order valence-electron chi connectivity index (χ0n) is 19.6. The molecule has 9 heteroatoms. The van der Waals surface area contributed by atoms with E-state index in [1.807, 2.05) is 39.2 Å². The van der Waals surface area contributed by atoms with Crippen molar-refractivity contribution in [2.24, 2.45) is 0 Å². The number of nitrogens with one attached hydrogen (secondary N) is 1. The minimum absolute atomic E-state index is 0.121. The smallest absolute Gasteiger partial charge is 0.237 e. The molecule has 0 spiro atoms. The van der Waals surface area contributed by atoms with Crippen LogP contribution in [0.5, 0.6) is 5.75 Å². The van der Waals surface area contributed by atoms with E-state index in [2.05, 4.69) is 44.0 Å². The summed E-state index contributed by atoms with van der Waals surface area (Å²) in [6.45, 7) is 4.61. The quantitative estimate of drug-likeness (QED) is 0.400. The number of carbonyl (C=O) groups excluding carboxylic acids is 1. The van der Waals surface area contributed by atoms with Crippen molar-refractivity contribution < 1.29 is 9.53 Å². The van der Waals surface area contributed by atoms with Gasteiger partial charge in [0.25, 0.3) is 0 Å². The molecule has 2 atom stereocenters. The maximum atomic E-state index is 13.0. The van der Waals surface area contributed by atoms with Crippen molar-refractivity contribution in [3.05, 3.63) is 64.9 Å². The van der Waals surface area contributed by atoms with E-state index in [0.29, 0.717) is 28.2 Å². The van der Waals surface area contributed by atoms with Crippen LogP contribution in [0.2, 0.25) is 5.02 Å². The molecule has 7 nitrogen and oxygen atoms in total. The van der Waals surface area contributed by atoms with E-state index in [0.717, 1.165) is 17.8 Å². The Morgan fingerprint density at radius 3 is 2.58 bits per heavy atom. The molecule has 3 rings (SSSR count). The number of ether oxygens (including phenoxy) is 1. The summed E-state index contributed by atoms with van der Waals surface area (Å²) in [6, 6.07) is 15.4. The number of nitrogens with zero attached hydrogens (tertiary/aromatic N) is 4. The first-order valence-corrected chi connectivity index (χ1v) is 12.0. The molecule has 1 amide bonds. The van der Waals surface area contributed by atoms with Gasteiger partial charge in [-0.3, -0.25) is 9.69 Å². The average molecular weight is 488 g/mol. The lowest BCUT2D eigenvalue weighted by molar-refractivity contribution is -0.115. The van der Waals surface area contributed by atoms with Gasteiger partial charge in [0.2, 0.25) is 5.91 Å². The molecule has 0 saturated heterocycles. The van der Waals surface area contributed by atoms with Gasteiger partial charge in [-0.25, -0.2) is 0 Å². The standard InChI is InChI=1S/C24H30ClN5O2S/c1-6-20(29(3)4)22-27-28-24(30(22)15-17-10-8-7-9-11-17)33-16(2)23(31)26-19-14-18(25)12-13-21(19)32-5/h7-14,16,20H,6,15H2,1-5H3,(H,26,31). The molecule has 0 aliphatic rings. The number of aromatic nitrogens is 3. The van der Waals surface area contributed by atoms with Crippen LogP contribution in [0.3, 0.4) is 0 Å². The first-order valence-electron chi connectivity index (χ1n) is 10.8. The van der Waals surface area contributed by atoms with Crippen LogP contribution in [-0.4, -0.2) is 52.0 Å². The van der Waals surface area contributed by atoms with Gasteiger partial charge < -0.3 is 14.6 Å². The molecular weight excluding hydrogens is 458 g/mol. The molecule has 1 aromatic heterocycles. The summed E-state index contributed by atoms with van der Waals surface area (Å²) in [5.74, 6) is 1.27. The van der Waals surface area contributed by atoms with Gasteiger partial charge in [0.05, 0.1) is 30.6 Å². The Bertz CT molecular complexity index is 1070. The van der Waals surface area contributed by atoms with E-state index >= 15 is 0 Å². The molecular formula is C24H30ClN5O2S. The van der Waals surface area contributed by atoms with Gasteiger partial charge in [-0.15, -0.1) is 10.2 Å². The van der Waals surface area contributed by atoms with Crippen LogP contribution in [0.25, 0.3) is 0 Å². The van der Waals surface area contributed by atoms with Gasteiger partial charge >= 0.3 is 0 Å². The summed E-state index contributed by atoms with van der Waals surface area (Å²) < 4.78 is 7.45. The topological polar surface area (TPSA) is 72.3 Å². The van der Waals surface area contributed by atoms with Crippen molar-refractivity contribution >= 4 is 35.0 Å². The second-order valence-corrected chi connectivity index (χ2v) is 9.64. The average Bonchev–Trinajstić information content (AvgIpc) is 3.16. The molecule has 0 bridgehead atoms. The molecule has 2 aromatic carbocycles. The van der Waals surface area contributed by atoms with Gasteiger partial charge in [0.15, 0.2) is 11.0 Å². The number of hydrogen-bond donors (Lipinski definition) is 1. The molecule has 176 valence electrons. The van der Waals surface area contributed by atoms with Gasteiger partial charge in [-0.2, -0.15) is 0 Å². The Kier molecular flexibility index (Phi) is 8.77. The van der Waals surface area contributed by atoms with Crippen molar-refractivity contribution in [1.82, 2.24) is 19.7 Å². The second-order valence-electron chi connectivity index (χ2n) is 7.89. The second kappa shape index (κ2) is 11.5. The molecule has 0 aliphatic carbocycles. The van der Waals surface area contributed by atoms with Crippen molar-refractivity contribution in [2.45, 2.75) is 43.3 Å².